The van der Waals surface area contributed by atoms with Crippen LogP contribution in [0.3, 0.4) is 0 Å². The summed E-state index contributed by atoms with van der Waals surface area (Å²) in [6, 6.07) is 16.7. The van der Waals surface area contributed by atoms with Crippen LogP contribution >= 0.6 is 11.6 Å². The minimum absolute atomic E-state index is 0.0274. The lowest BCUT2D eigenvalue weighted by atomic mass is 9.85. The summed E-state index contributed by atoms with van der Waals surface area (Å²) in [5, 5.41) is 11.5. The van der Waals surface area contributed by atoms with Crippen molar-refractivity contribution < 1.29 is 19.4 Å². The van der Waals surface area contributed by atoms with Gasteiger partial charge in [-0.1, -0.05) is 62.7 Å². The zero-order valence-corrected chi connectivity index (χ0v) is 20.1. The standard InChI is InChI=1S/C27H25ClN2O4/c1-27(2,3)18-11-8-16(9-12-18)23-22(24(31)17-10-13-20(34-4)19(28)15-17)25(32)26(33)30(23)21-7-5-6-14-29-21/h5-15,23,31H,1-4H3/b24-22+. The molecule has 0 saturated carbocycles. The second-order valence-corrected chi connectivity index (χ2v) is 9.49. The van der Waals surface area contributed by atoms with Crippen molar-refractivity contribution in [2.45, 2.75) is 32.2 Å². The molecule has 2 aromatic carbocycles. The molecule has 7 heteroatoms. The Kier molecular flexibility index (Phi) is 6.19. The van der Waals surface area contributed by atoms with Crippen molar-refractivity contribution in [2.75, 3.05) is 12.0 Å². The second kappa shape index (κ2) is 8.95. The summed E-state index contributed by atoms with van der Waals surface area (Å²) in [7, 11) is 1.49. The van der Waals surface area contributed by atoms with Gasteiger partial charge >= 0.3 is 5.91 Å². The fourth-order valence-corrected chi connectivity index (χ4v) is 4.27. The van der Waals surface area contributed by atoms with Gasteiger partial charge in [-0.3, -0.25) is 14.5 Å². The Morgan fingerprint density at radius 2 is 1.76 bits per heavy atom. The molecule has 2 heterocycles. The maximum Gasteiger partial charge on any atom is 0.301 e. The molecular weight excluding hydrogens is 452 g/mol. The van der Waals surface area contributed by atoms with Gasteiger partial charge in [0.05, 0.1) is 23.7 Å². The molecule has 4 rings (SSSR count). The van der Waals surface area contributed by atoms with Crippen molar-refractivity contribution in [1.29, 1.82) is 0 Å². The molecule has 1 amide bonds. The maximum atomic E-state index is 13.2. The topological polar surface area (TPSA) is 79.7 Å². The summed E-state index contributed by atoms with van der Waals surface area (Å²) < 4.78 is 5.18. The molecule has 174 valence electrons. The molecule has 1 atom stereocenters. The number of hydrogen-bond acceptors (Lipinski definition) is 5. The summed E-state index contributed by atoms with van der Waals surface area (Å²) in [5.41, 5.74) is 2.00. The SMILES string of the molecule is COc1ccc(/C(O)=C2\C(=O)C(=O)N(c3ccccn3)C2c2ccc(C(C)(C)C)cc2)cc1Cl. The van der Waals surface area contributed by atoms with E-state index in [1.165, 1.54) is 18.1 Å². The van der Waals surface area contributed by atoms with Crippen LogP contribution in [0.2, 0.25) is 5.02 Å². The summed E-state index contributed by atoms with van der Waals surface area (Å²) in [6.45, 7) is 6.32. The van der Waals surface area contributed by atoms with Crippen LogP contribution in [0.15, 0.2) is 72.4 Å². The van der Waals surface area contributed by atoms with Gasteiger partial charge in [-0.25, -0.2) is 4.98 Å². The Morgan fingerprint density at radius 1 is 1.06 bits per heavy atom. The van der Waals surface area contributed by atoms with Gasteiger partial charge in [0, 0.05) is 11.8 Å². The van der Waals surface area contributed by atoms with Gasteiger partial charge in [0.25, 0.3) is 5.78 Å². The van der Waals surface area contributed by atoms with Crippen molar-refractivity contribution in [1.82, 2.24) is 4.98 Å². The zero-order valence-electron chi connectivity index (χ0n) is 19.4. The summed E-state index contributed by atoms with van der Waals surface area (Å²) in [5.74, 6) is -1.11. The van der Waals surface area contributed by atoms with Gasteiger partial charge in [-0.2, -0.15) is 0 Å². The first-order valence-electron chi connectivity index (χ1n) is 10.8. The fourth-order valence-electron chi connectivity index (χ4n) is 4.02. The number of hydrogen-bond donors (Lipinski definition) is 1. The third kappa shape index (κ3) is 4.17. The van der Waals surface area contributed by atoms with E-state index in [4.69, 9.17) is 16.3 Å². The van der Waals surface area contributed by atoms with Crippen LogP contribution in [0, 0.1) is 0 Å². The molecule has 3 aromatic rings. The molecule has 1 aliphatic rings. The number of aliphatic hydroxyl groups is 1. The normalized spacial score (nSPS) is 17.8. The molecule has 1 aromatic heterocycles. The Balaban J connectivity index is 1.92. The highest BCUT2D eigenvalue weighted by atomic mass is 35.5. The first-order chi connectivity index (χ1) is 16.1. The number of pyridine rings is 1. The van der Waals surface area contributed by atoms with Gasteiger partial charge in [0.1, 0.15) is 17.3 Å². The third-order valence-electron chi connectivity index (χ3n) is 5.86. The molecule has 1 aliphatic heterocycles. The Morgan fingerprint density at radius 3 is 2.32 bits per heavy atom. The van der Waals surface area contributed by atoms with Crippen LogP contribution in [0.5, 0.6) is 5.75 Å². The van der Waals surface area contributed by atoms with Gasteiger partial charge in [-0.15, -0.1) is 0 Å². The van der Waals surface area contributed by atoms with Crippen LogP contribution in [0.25, 0.3) is 5.76 Å². The van der Waals surface area contributed by atoms with E-state index in [1.54, 1.807) is 36.5 Å². The largest absolute Gasteiger partial charge is 0.507 e. The van der Waals surface area contributed by atoms with Crippen molar-refractivity contribution >= 4 is 34.9 Å². The van der Waals surface area contributed by atoms with Crippen molar-refractivity contribution in [3.63, 3.8) is 0 Å². The minimum atomic E-state index is -0.857. The van der Waals surface area contributed by atoms with E-state index in [0.29, 0.717) is 22.7 Å². The Bertz CT molecular complexity index is 1280. The van der Waals surface area contributed by atoms with Gasteiger partial charge in [0.15, 0.2) is 0 Å². The summed E-state index contributed by atoms with van der Waals surface area (Å²) >= 11 is 6.25. The number of aromatic nitrogens is 1. The number of rotatable bonds is 4. The van der Waals surface area contributed by atoms with Crippen LogP contribution in [-0.4, -0.2) is 28.9 Å². The average molecular weight is 477 g/mol. The molecule has 6 nitrogen and oxygen atoms in total. The predicted molar refractivity (Wildman–Crippen MR) is 132 cm³/mol. The van der Waals surface area contributed by atoms with Crippen molar-refractivity contribution in [3.05, 3.63) is 94.1 Å². The molecule has 34 heavy (non-hydrogen) atoms. The highest BCUT2D eigenvalue weighted by molar-refractivity contribution is 6.51. The summed E-state index contributed by atoms with van der Waals surface area (Å²) in [6.07, 6.45) is 1.55. The molecule has 0 aliphatic carbocycles. The monoisotopic (exact) mass is 476 g/mol. The number of methoxy groups -OCH3 is 1. The van der Waals surface area contributed by atoms with Crippen molar-refractivity contribution in [2.24, 2.45) is 0 Å². The maximum absolute atomic E-state index is 13.2. The number of carbonyl (C=O) groups excluding carboxylic acids is 2. The number of nitrogens with zero attached hydrogens (tertiary/aromatic N) is 2. The molecule has 0 radical (unpaired) electrons. The predicted octanol–water partition coefficient (Wildman–Crippen LogP) is 5.67. The zero-order chi connectivity index (χ0) is 24.6. The van der Waals surface area contributed by atoms with Crippen LogP contribution in [-0.2, 0) is 15.0 Å². The number of anilines is 1. The number of halogens is 1. The molecule has 1 fully saturated rings. The highest BCUT2D eigenvalue weighted by Crippen LogP contribution is 2.42. The Hall–Kier alpha value is -3.64. The van der Waals surface area contributed by atoms with E-state index >= 15 is 0 Å². The second-order valence-electron chi connectivity index (χ2n) is 9.08. The fraction of sp³-hybridized carbons (Fsp3) is 0.222. The quantitative estimate of drug-likeness (QED) is 0.298. The van der Waals surface area contributed by atoms with Gasteiger partial charge < -0.3 is 9.84 Å². The molecular formula is C27H25ClN2O4. The number of Topliss-reactive ketones (excluding diaryl/α,β-unsaturated/α-hetero) is 1. The number of ether oxygens (including phenoxy) is 1. The number of ketones is 1. The van der Waals surface area contributed by atoms with Gasteiger partial charge in [0.2, 0.25) is 0 Å². The Labute approximate surface area is 203 Å². The molecule has 0 spiro atoms. The van der Waals surface area contributed by atoms with E-state index in [0.717, 1.165) is 5.56 Å². The van der Waals surface area contributed by atoms with Gasteiger partial charge in [-0.05, 0) is 46.9 Å². The lowest BCUT2D eigenvalue weighted by Gasteiger charge is -2.25. The first-order valence-corrected chi connectivity index (χ1v) is 11.2. The number of benzene rings is 2. The van der Waals surface area contributed by atoms with E-state index in [-0.39, 0.29) is 21.8 Å². The number of carbonyl (C=O) groups is 2. The summed E-state index contributed by atoms with van der Waals surface area (Å²) in [4.78, 5) is 32.0. The van der Waals surface area contributed by atoms with Crippen LogP contribution in [0.1, 0.15) is 43.5 Å². The van der Waals surface area contributed by atoms with E-state index < -0.39 is 17.7 Å². The lowest BCUT2D eigenvalue weighted by Crippen LogP contribution is -2.30. The first kappa shape index (κ1) is 23.5. The van der Waals surface area contributed by atoms with Crippen molar-refractivity contribution in [3.8, 4) is 5.75 Å². The van der Waals surface area contributed by atoms with E-state index in [2.05, 4.69) is 25.8 Å². The number of aliphatic hydroxyl groups excluding tert-OH is 1. The van der Waals surface area contributed by atoms with E-state index in [9.17, 15) is 14.7 Å². The third-order valence-corrected chi connectivity index (χ3v) is 6.15. The molecule has 1 N–H and O–H groups in total. The van der Waals surface area contributed by atoms with Crippen LogP contribution in [0.4, 0.5) is 5.82 Å². The molecule has 1 unspecified atom stereocenters. The highest BCUT2D eigenvalue weighted by Gasteiger charge is 2.47. The van der Waals surface area contributed by atoms with Crippen LogP contribution < -0.4 is 9.64 Å². The minimum Gasteiger partial charge on any atom is -0.507 e. The average Bonchev–Trinajstić information content (AvgIpc) is 3.09. The molecule has 0 bridgehead atoms. The van der Waals surface area contributed by atoms with E-state index in [1.807, 2.05) is 24.3 Å². The lowest BCUT2D eigenvalue weighted by molar-refractivity contribution is -0.132. The number of amides is 1. The molecule has 1 saturated heterocycles. The smallest absolute Gasteiger partial charge is 0.301 e.